The molecule has 3 nitrogen and oxygen atoms in total. The van der Waals surface area contributed by atoms with Crippen molar-refractivity contribution in [2.75, 3.05) is 6.54 Å². The van der Waals surface area contributed by atoms with Crippen molar-refractivity contribution in [2.45, 2.75) is 26.8 Å². The molecule has 0 aliphatic rings. The minimum Gasteiger partial charge on any atom is -0.480 e. The molecular formula is C7H16ClNO2. The number of carbonyl (C=O) groups is 1. The molecule has 0 rings (SSSR count). The third kappa shape index (κ3) is 5.04. The molecule has 4 heteroatoms. The van der Waals surface area contributed by atoms with Crippen LogP contribution < -0.4 is 5.32 Å². The standard InChI is InChI=1S/C7H15NO2.ClH/c1-4-8-6(5(2)3)7(9)10;/h5-6,8H,4H2,1-3H3,(H,9,10);1H/t6-;/m0./s1. The first-order valence-electron chi connectivity index (χ1n) is 3.55. The fraction of sp³-hybridized carbons (Fsp3) is 0.857. The third-order valence-corrected chi connectivity index (χ3v) is 1.36. The predicted molar refractivity (Wildman–Crippen MR) is 47.2 cm³/mol. The molecular weight excluding hydrogens is 166 g/mol. The number of halogens is 1. The number of carboxylic acids is 1. The molecule has 0 spiro atoms. The monoisotopic (exact) mass is 181 g/mol. The molecule has 0 aromatic rings. The van der Waals surface area contributed by atoms with E-state index in [2.05, 4.69) is 5.32 Å². The fourth-order valence-electron chi connectivity index (χ4n) is 0.828. The lowest BCUT2D eigenvalue weighted by Gasteiger charge is -2.15. The van der Waals surface area contributed by atoms with E-state index < -0.39 is 12.0 Å². The van der Waals surface area contributed by atoms with Gasteiger partial charge in [0.2, 0.25) is 0 Å². The van der Waals surface area contributed by atoms with Gasteiger partial charge < -0.3 is 10.4 Å². The molecule has 2 N–H and O–H groups in total. The second kappa shape index (κ2) is 6.43. The Hall–Kier alpha value is -0.280. The summed E-state index contributed by atoms with van der Waals surface area (Å²) in [7, 11) is 0. The topological polar surface area (TPSA) is 49.3 Å². The highest BCUT2D eigenvalue weighted by atomic mass is 35.5. The van der Waals surface area contributed by atoms with E-state index in [4.69, 9.17) is 5.11 Å². The van der Waals surface area contributed by atoms with Gasteiger partial charge in [-0.05, 0) is 12.5 Å². The second-order valence-electron chi connectivity index (χ2n) is 2.62. The van der Waals surface area contributed by atoms with Crippen molar-refractivity contribution >= 4 is 18.4 Å². The van der Waals surface area contributed by atoms with Gasteiger partial charge >= 0.3 is 5.97 Å². The number of rotatable bonds is 4. The van der Waals surface area contributed by atoms with Crippen LogP contribution in [0.1, 0.15) is 20.8 Å². The average Bonchev–Trinajstić information content (AvgIpc) is 1.81. The SMILES string of the molecule is CCN[C@H](C(=O)O)C(C)C.Cl. The summed E-state index contributed by atoms with van der Waals surface area (Å²) in [5.41, 5.74) is 0. The third-order valence-electron chi connectivity index (χ3n) is 1.36. The van der Waals surface area contributed by atoms with Crippen LogP contribution in [-0.4, -0.2) is 23.7 Å². The van der Waals surface area contributed by atoms with Crippen LogP contribution in [0, 0.1) is 5.92 Å². The van der Waals surface area contributed by atoms with Crippen molar-refractivity contribution in [3.05, 3.63) is 0 Å². The summed E-state index contributed by atoms with van der Waals surface area (Å²) < 4.78 is 0. The van der Waals surface area contributed by atoms with E-state index in [0.717, 1.165) is 0 Å². The van der Waals surface area contributed by atoms with Gasteiger partial charge in [-0.1, -0.05) is 20.8 Å². The Morgan fingerprint density at radius 3 is 2.09 bits per heavy atom. The van der Waals surface area contributed by atoms with Gasteiger partial charge in [0.05, 0.1) is 0 Å². The van der Waals surface area contributed by atoms with Crippen molar-refractivity contribution < 1.29 is 9.90 Å². The largest absolute Gasteiger partial charge is 0.480 e. The maximum Gasteiger partial charge on any atom is 0.320 e. The van der Waals surface area contributed by atoms with Crippen LogP contribution in [0.5, 0.6) is 0 Å². The van der Waals surface area contributed by atoms with Crippen LogP contribution in [0.25, 0.3) is 0 Å². The van der Waals surface area contributed by atoms with E-state index in [9.17, 15) is 4.79 Å². The van der Waals surface area contributed by atoms with Crippen LogP contribution in [-0.2, 0) is 4.79 Å². The molecule has 0 aromatic carbocycles. The van der Waals surface area contributed by atoms with Gasteiger partial charge in [0.1, 0.15) is 6.04 Å². The summed E-state index contributed by atoms with van der Waals surface area (Å²) in [6.07, 6.45) is 0. The van der Waals surface area contributed by atoms with Gasteiger partial charge in [-0.25, -0.2) is 0 Å². The molecule has 0 aliphatic carbocycles. The number of likely N-dealkylation sites (N-methyl/N-ethyl adjacent to an activating group) is 1. The molecule has 0 aliphatic heterocycles. The summed E-state index contributed by atoms with van der Waals surface area (Å²) in [5, 5.41) is 11.5. The number of carboxylic acid groups (broad SMARTS) is 1. The molecule has 68 valence electrons. The van der Waals surface area contributed by atoms with Gasteiger partial charge in [-0.3, -0.25) is 4.79 Å². The van der Waals surface area contributed by atoms with E-state index in [0.29, 0.717) is 6.54 Å². The second-order valence-corrected chi connectivity index (χ2v) is 2.62. The van der Waals surface area contributed by atoms with Gasteiger partial charge in [0, 0.05) is 0 Å². The van der Waals surface area contributed by atoms with E-state index in [-0.39, 0.29) is 18.3 Å². The Labute approximate surface area is 73.6 Å². The smallest absolute Gasteiger partial charge is 0.320 e. The zero-order chi connectivity index (χ0) is 8.15. The highest BCUT2D eigenvalue weighted by Crippen LogP contribution is 2.00. The molecule has 11 heavy (non-hydrogen) atoms. The Morgan fingerprint density at radius 2 is 2.00 bits per heavy atom. The van der Waals surface area contributed by atoms with Crippen LogP contribution in [0.4, 0.5) is 0 Å². The molecule has 1 atom stereocenters. The van der Waals surface area contributed by atoms with Gasteiger partial charge in [-0.2, -0.15) is 0 Å². The van der Waals surface area contributed by atoms with Crippen molar-refractivity contribution in [2.24, 2.45) is 5.92 Å². The summed E-state index contributed by atoms with van der Waals surface area (Å²) in [4.78, 5) is 10.5. The normalized spacial score (nSPS) is 12.4. The zero-order valence-corrected chi connectivity index (χ0v) is 7.94. The number of aliphatic carboxylic acids is 1. The number of hydrogen-bond acceptors (Lipinski definition) is 2. The Balaban J connectivity index is 0. The minimum atomic E-state index is -0.767. The lowest BCUT2D eigenvalue weighted by molar-refractivity contribution is -0.140. The molecule has 0 saturated heterocycles. The fourth-order valence-corrected chi connectivity index (χ4v) is 0.828. The van der Waals surface area contributed by atoms with Gasteiger partial charge in [0.25, 0.3) is 0 Å². The van der Waals surface area contributed by atoms with E-state index in [1.54, 1.807) is 0 Å². The first-order valence-corrected chi connectivity index (χ1v) is 3.55. The van der Waals surface area contributed by atoms with E-state index >= 15 is 0 Å². The lowest BCUT2D eigenvalue weighted by Crippen LogP contribution is -2.40. The van der Waals surface area contributed by atoms with E-state index in [1.165, 1.54) is 0 Å². The summed E-state index contributed by atoms with van der Waals surface area (Å²) >= 11 is 0. The first kappa shape index (κ1) is 13.3. The molecule has 0 fully saturated rings. The molecule has 0 amide bonds. The molecule has 0 aromatic heterocycles. The Kier molecular flexibility index (Phi) is 7.79. The van der Waals surface area contributed by atoms with Crippen LogP contribution >= 0.6 is 12.4 Å². The molecule has 0 radical (unpaired) electrons. The predicted octanol–water partition coefficient (Wildman–Crippen LogP) is 1.13. The Morgan fingerprint density at radius 1 is 1.55 bits per heavy atom. The number of hydrogen-bond donors (Lipinski definition) is 2. The maximum atomic E-state index is 10.5. The lowest BCUT2D eigenvalue weighted by atomic mass is 10.1. The summed E-state index contributed by atoms with van der Waals surface area (Å²) in [6.45, 7) is 6.39. The van der Waals surface area contributed by atoms with Crippen LogP contribution in [0.15, 0.2) is 0 Å². The number of nitrogens with one attached hydrogen (secondary N) is 1. The van der Waals surface area contributed by atoms with Gasteiger partial charge in [-0.15, -0.1) is 12.4 Å². The Bertz CT molecular complexity index is 117. The van der Waals surface area contributed by atoms with Crippen molar-refractivity contribution in [1.82, 2.24) is 5.32 Å². The highest BCUT2D eigenvalue weighted by Gasteiger charge is 2.18. The van der Waals surface area contributed by atoms with E-state index in [1.807, 2.05) is 20.8 Å². The van der Waals surface area contributed by atoms with Crippen molar-refractivity contribution in [1.29, 1.82) is 0 Å². The molecule has 0 heterocycles. The van der Waals surface area contributed by atoms with Crippen molar-refractivity contribution in [3.8, 4) is 0 Å². The first-order chi connectivity index (χ1) is 4.59. The molecule has 0 unspecified atom stereocenters. The average molecular weight is 182 g/mol. The highest BCUT2D eigenvalue weighted by molar-refractivity contribution is 5.85. The van der Waals surface area contributed by atoms with Crippen LogP contribution in [0.2, 0.25) is 0 Å². The molecule has 0 saturated carbocycles. The molecule has 0 bridgehead atoms. The zero-order valence-electron chi connectivity index (χ0n) is 7.13. The maximum absolute atomic E-state index is 10.5. The minimum absolute atomic E-state index is 0. The summed E-state index contributed by atoms with van der Waals surface area (Å²) in [5.74, 6) is -0.616. The van der Waals surface area contributed by atoms with Crippen molar-refractivity contribution in [3.63, 3.8) is 0 Å². The van der Waals surface area contributed by atoms with Crippen LogP contribution in [0.3, 0.4) is 0 Å². The summed E-state index contributed by atoms with van der Waals surface area (Å²) in [6, 6.07) is -0.398. The quantitative estimate of drug-likeness (QED) is 0.684. The van der Waals surface area contributed by atoms with Gasteiger partial charge in [0.15, 0.2) is 0 Å².